The predicted molar refractivity (Wildman–Crippen MR) is 88.5 cm³/mol. The molecule has 21 heavy (non-hydrogen) atoms. The smallest absolute Gasteiger partial charge is 0.257 e. The van der Waals surface area contributed by atoms with Crippen LogP contribution in [0.5, 0.6) is 0 Å². The van der Waals surface area contributed by atoms with E-state index >= 15 is 0 Å². The van der Waals surface area contributed by atoms with E-state index in [9.17, 15) is 9.18 Å². The first-order valence-corrected chi connectivity index (χ1v) is 7.86. The van der Waals surface area contributed by atoms with Crippen molar-refractivity contribution in [2.24, 2.45) is 5.92 Å². The number of likely N-dealkylation sites (tertiary alicyclic amines) is 1. The summed E-state index contributed by atoms with van der Waals surface area (Å²) in [5.41, 5.74) is 0.151. The van der Waals surface area contributed by atoms with Gasteiger partial charge in [0.05, 0.1) is 5.56 Å². The summed E-state index contributed by atoms with van der Waals surface area (Å²) in [4.78, 5) is 14.2. The highest BCUT2D eigenvalue weighted by molar-refractivity contribution is 9.10. The van der Waals surface area contributed by atoms with E-state index in [-0.39, 0.29) is 23.9 Å². The van der Waals surface area contributed by atoms with Crippen LogP contribution in [-0.2, 0) is 0 Å². The highest BCUT2D eigenvalue weighted by Crippen LogP contribution is 2.24. The molecule has 1 amide bonds. The number of rotatable bonds is 4. The lowest BCUT2D eigenvalue weighted by atomic mass is 9.96. The molecule has 1 N–H and O–H groups in total. The molecule has 1 heterocycles. The SMILES string of the molecule is CCNCC1CCN(C(=O)c2c(F)cccc2Br)CC1.Cl. The van der Waals surface area contributed by atoms with Crippen molar-refractivity contribution >= 4 is 34.2 Å². The van der Waals surface area contributed by atoms with Gasteiger partial charge < -0.3 is 10.2 Å². The van der Waals surface area contributed by atoms with Crippen LogP contribution in [0.25, 0.3) is 0 Å². The number of piperidine rings is 1. The zero-order chi connectivity index (χ0) is 14.5. The van der Waals surface area contributed by atoms with Gasteiger partial charge in [-0.2, -0.15) is 0 Å². The first-order valence-electron chi connectivity index (χ1n) is 7.07. The zero-order valence-electron chi connectivity index (χ0n) is 12.1. The quantitative estimate of drug-likeness (QED) is 0.869. The maximum absolute atomic E-state index is 13.8. The molecule has 0 aliphatic carbocycles. The number of benzene rings is 1. The Morgan fingerprint density at radius 3 is 2.67 bits per heavy atom. The number of carbonyl (C=O) groups is 1. The fourth-order valence-electron chi connectivity index (χ4n) is 2.55. The minimum atomic E-state index is -0.459. The van der Waals surface area contributed by atoms with Crippen LogP contribution < -0.4 is 5.32 Å². The number of halogens is 3. The van der Waals surface area contributed by atoms with Crippen molar-refractivity contribution in [2.75, 3.05) is 26.2 Å². The Kier molecular flexibility index (Phi) is 7.63. The molecule has 2 rings (SSSR count). The average Bonchev–Trinajstić information content (AvgIpc) is 2.45. The molecule has 118 valence electrons. The summed E-state index contributed by atoms with van der Waals surface area (Å²) in [7, 11) is 0. The van der Waals surface area contributed by atoms with Gasteiger partial charge in [0.15, 0.2) is 0 Å². The first kappa shape index (κ1) is 18.4. The van der Waals surface area contributed by atoms with E-state index in [0.29, 0.717) is 23.5 Å². The van der Waals surface area contributed by atoms with Crippen LogP contribution in [0.15, 0.2) is 22.7 Å². The number of nitrogens with one attached hydrogen (secondary N) is 1. The Morgan fingerprint density at radius 1 is 1.43 bits per heavy atom. The lowest BCUT2D eigenvalue weighted by Gasteiger charge is -2.32. The molecule has 0 saturated carbocycles. The largest absolute Gasteiger partial charge is 0.339 e. The Balaban J connectivity index is 0.00000220. The molecule has 6 heteroatoms. The summed E-state index contributed by atoms with van der Waals surface area (Å²) in [5.74, 6) is -0.0564. The van der Waals surface area contributed by atoms with Crippen molar-refractivity contribution in [3.05, 3.63) is 34.1 Å². The van der Waals surface area contributed by atoms with Crippen LogP contribution in [0.2, 0.25) is 0 Å². The van der Waals surface area contributed by atoms with Gasteiger partial charge in [0.1, 0.15) is 5.82 Å². The van der Waals surface area contributed by atoms with Gasteiger partial charge in [0.2, 0.25) is 0 Å². The standard InChI is InChI=1S/C15H20BrFN2O.ClH/c1-2-18-10-11-6-8-19(9-7-11)15(20)14-12(16)4-3-5-13(14)17;/h3-5,11,18H,2,6-10H2,1H3;1H. The van der Waals surface area contributed by atoms with Crippen molar-refractivity contribution < 1.29 is 9.18 Å². The van der Waals surface area contributed by atoms with Crippen LogP contribution in [0, 0.1) is 11.7 Å². The topological polar surface area (TPSA) is 32.3 Å². The third-order valence-corrected chi connectivity index (χ3v) is 4.42. The highest BCUT2D eigenvalue weighted by atomic mass is 79.9. The Hall–Kier alpha value is -0.650. The lowest BCUT2D eigenvalue weighted by molar-refractivity contribution is 0.0684. The van der Waals surface area contributed by atoms with Crippen LogP contribution in [-0.4, -0.2) is 37.0 Å². The fourth-order valence-corrected chi connectivity index (χ4v) is 3.06. The van der Waals surface area contributed by atoms with Crippen LogP contribution in [0.1, 0.15) is 30.1 Å². The molecule has 0 atom stereocenters. The third-order valence-electron chi connectivity index (χ3n) is 3.76. The van der Waals surface area contributed by atoms with Crippen molar-refractivity contribution in [3.8, 4) is 0 Å². The molecule has 1 saturated heterocycles. The molecule has 3 nitrogen and oxygen atoms in total. The zero-order valence-corrected chi connectivity index (χ0v) is 14.5. The second-order valence-corrected chi connectivity index (χ2v) is 5.99. The Bertz CT molecular complexity index is 458. The maximum Gasteiger partial charge on any atom is 0.257 e. The van der Waals surface area contributed by atoms with E-state index in [1.807, 2.05) is 0 Å². The predicted octanol–water partition coefficient (Wildman–Crippen LogP) is 3.47. The van der Waals surface area contributed by atoms with E-state index in [4.69, 9.17) is 0 Å². The Morgan fingerprint density at radius 2 is 2.10 bits per heavy atom. The summed E-state index contributed by atoms with van der Waals surface area (Å²) in [6.45, 7) is 5.48. The molecule has 0 unspecified atom stereocenters. The molecule has 0 spiro atoms. The summed E-state index contributed by atoms with van der Waals surface area (Å²) < 4.78 is 14.3. The van der Waals surface area contributed by atoms with Crippen molar-refractivity contribution in [3.63, 3.8) is 0 Å². The van der Waals surface area contributed by atoms with Gasteiger partial charge in [0.25, 0.3) is 5.91 Å². The van der Waals surface area contributed by atoms with Gasteiger partial charge >= 0.3 is 0 Å². The second kappa shape index (κ2) is 8.71. The summed E-state index contributed by atoms with van der Waals surface area (Å²) >= 11 is 3.26. The molecule has 0 bridgehead atoms. The minimum Gasteiger partial charge on any atom is -0.339 e. The van der Waals surface area contributed by atoms with E-state index in [2.05, 4.69) is 28.2 Å². The summed E-state index contributed by atoms with van der Waals surface area (Å²) in [6.07, 6.45) is 1.95. The maximum atomic E-state index is 13.8. The summed E-state index contributed by atoms with van der Waals surface area (Å²) in [5, 5.41) is 3.34. The average molecular weight is 380 g/mol. The van der Waals surface area contributed by atoms with E-state index in [1.165, 1.54) is 6.07 Å². The number of hydrogen-bond acceptors (Lipinski definition) is 2. The molecule has 1 fully saturated rings. The molecule has 1 aromatic carbocycles. The van der Waals surface area contributed by atoms with Crippen LogP contribution in [0.4, 0.5) is 4.39 Å². The molecule has 1 aromatic rings. The monoisotopic (exact) mass is 378 g/mol. The first-order chi connectivity index (χ1) is 9.63. The van der Waals surface area contributed by atoms with Crippen molar-refractivity contribution in [2.45, 2.75) is 19.8 Å². The number of nitrogens with zero attached hydrogens (tertiary/aromatic N) is 1. The van der Waals surface area contributed by atoms with Crippen molar-refractivity contribution in [1.29, 1.82) is 0 Å². The molecule has 1 aliphatic rings. The number of amides is 1. The van der Waals surface area contributed by atoms with Crippen LogP contribution >= 0.6 is 28.3 Å². The summed E-state index contributed by atoms with van der Waals surface area (Å²) in [6, 6.07) is 4.63. The fraction of sp³-hybridized carbons (Fsp3) is 0.533. The number of hydrogen-bond donors (Lipinski definition) is 1. The van der Waals surface area contributed by atoms with Crippen LogP contribution in [0.3, 0.4) is 0 Å². The third kappa shape index (κ3) is 4.66. The van der Waals surface area contributed by atoms with Gasteiger partial charge in [-0.15, -0.1) is 12.4 Å². The molecular weight excluding hydrogens is 359 g/mol. The molecular formula is C15H21BrClFN2O. The molecule has 1 aliphatic heterocycles. The van der Waals surface area contributed by atoms with Gasteiger partial charge in [-0.1, -0.05) is 13.0 Å². The normalized spacial score (nSPS) is 15.7. The van der Waals surface area contributed by atoms with E-state index in [1.54, 1.807) is 17.0 Å². The van der Waals surface area contributed by atoms with Crippen molar-refractivity contribution in [1.82, 2.24) is 10.2 Å². The Labute approximate surface area is 139 Å². The molecule has 0 radical (unpaired) electrons. The van der Waals surface area contributed by atoms with Gasteiger partial charge in [-0.25, -0.2) is 4.39 Å². The number of carbonyl (C=O) groups excluding carboxylic acids is 1. The second-order valence-electron chi connectivity index (χ2n) is 5.14. The van der Waals surface area contributed by atoms with Gasteiger partial charge in [-0.3, -0.25) is 4.79 Å². The molecule has 0 aromatic heterocycles. The van der Waals surface area contributed by atoms with Gasteiger partial charge in [-0.05, 0) is 59.9 Å². The minimum absolute atomic E-state index is 0. The lowest BCUT2D eigenvalue weighted by Crippen LogP contribution is -2.41. The van der Waals surface area contributed by atoms with E-state index in [0.717, 1.165) is 25.9 Å². The highest BCUT2D eigenvalue weighted by Gasteiger charge is 2.26. The van der Waals surface area contributed by atoms with E-state index < -0.39 is 5.82 Å². The van der Waals surface area contributed by atoms with Gasteiger partial charge in [0, 0.05) is 17.6 Å².